The third-order valence-electron chi connectivity index (χ3n) is 1.61. The van der Waals surface area contributed by atoms with Crippen LogP contribution in [-0.2, 0) is 4.79 Å². The number of nitrogens with one attached hydrogen (secondary N) is 2. The van der Waals surface area contributed by atoms with Gasteiger partial charge in [0.1, 0.15) is 5.54 Å². The van der Waals surface area contributed by atoms with Gasteiger partial charge in [-0.25, -0.2) is 4.79 Å². The third-order valence-corrected chi connectivity index (χ3v) is 1.78. The Balaban J connectivity index is 2.78. The maximum absolute atomic E-state index is 11.0. The molecule has 0 aromatic heterocycles. The number of amides is 3. The summed E-state index contributed by atoms with van der Waals surface area (Å²) in [6, 6.07) is -0.450. The summed E-state index contributed by atoms with van der Waals surface area (Å²) >= 11 is 4.60. The zero-order valence-electron chi connectivity index (χ0n) is 6.01. The van der Waals surface area contributed by atoms with Crippen molar-refractivity contribution in [1.29, 1.82) is 0 Å². The van der Waals surface area contributed by atoms with Crippen molar-refractivity contribution in [3.63, 3.8) is 0 Å². The van der Waals surface area contributed by atoms with Crippen LogP contribution in [0.25, 0.3) is 0 Å². The van der Waals surface area contributed by atoms with Crippen LogP contribution in [0.2, 0.25) is 0 Å². The van der Waals surface area contributed by atoms with Gasteiger partial charge in [-0.05, 0) is 12.3 Å². The molecule has 0 aromatic rings. The topological polar surface area (TPSA) is 58.2 Å². The van der Waals surface area contributed by atoms with Crippen LogP contribution in [0.1, 0.15) is 13.3 Å². The molecule has 1 unspecified atom stereocenters. The molecule has 3 amide bonds. The highest BCUT2D eigenvalue weighted by molar-refractivity contribution is 7.78. The first kappa shape index (κ1) is 8.13. The summed E-state index contributed by atoms with van der Waals surface area (Å²) in [7, 11) is 0. The van der Waals surface area contributed by atoms with E-state index in [2.05, 4.69) is 22.9 Å². The summed E-state index contributed by atoms with van der Waals surface area (Å²) in [6.07, 6.45) is 0.375. The maximum atomic E-state index is 11.0. The summed E-state index contributed by atoms with van der Waals surface area (Å²) in [4.78, 5) is 21.7. The minimum absolute atomic E-state index is 0.316. The van der Waals surface area contributed by atoms with E-state index in [0.29, 0.717) is 6.42 Å². The van der Waals surface area contributed by atoms with Crippen LogP contribution < -0.4 is 10.6 Å². The molecule has 2 N–H and O–H groups in total. The van der Waals surface area contributed by atoms with Gasteiger partial charge in [0.15, 0.2) is 0 Å². The molecule has 0 aliphatic carbocycles. The first-order valence-corrected chi connectivity index (χ1v) is 3.63. The van der Waals surface area contributed by atoms with E-state index in [0.717, 1.165) is 0 Å². The summed E-state index contributed by atoms with van der Waals surface area (Å²) in [5.74, 6) is -0.316. The van der Waals surface area contributed by atoms with Crippen molar-refractivity contribution < 1.29 is 9.59 Å². The standard InChI is InChI=1S/C6H8N2O2S/c1-6(2-3-11)4(9)7-5(10)8-6/h3H,2H2,1H3,(H2,7,8,9,10). The molecule has 1 saturated heterocycles. The molecule has 1 aliphatic rings. The average Bonchev–Trinajstić information content (AvgIpc) is 2.08. The number of thiocarbonyl (C=S) groups is 1. The minimum Gasteiger partial charge on any atom is -0.323 e. The van der Waals surface area contributed by atoms with Gasteiger partial charge in [0.25, 0.3) is 5.91 Å². The molecule has 5 heteroatoms. The Bertz CT molecular complexity index is 229. The summed E-state index contributed by atoms with van der Waals surface area (Å²) in [5, 5.41) is 6.06. The molecule has 0 spiro atoms. The Hall–Kier alpha value is -0.970. The second-order valence-corrected chi connectivity index (χ2v) is 2.94. The summed E-state index contributed by atoms with van der Waals surface area (Å²) < 4.78 is 0. The number of carbonyl (C=O) groups is 2. The molecule has 60 valence electrons. The second-order valence-electron chi connectivity index (χ2n) is 2.61. The van der Waals surface area contributed by atoms with Gasteiger partial charge in [-0.2, -0.15) is 0 Å². The first-order valence-electron chi connectivity index (χ1n) is 3.16. The van der Waals surface area contributed by atoms with E-state index in [1.165, 1.54) is 5.37 Å². The molecule has 1 atom stereocenters. The van der Waals surface area contributed by atoms with Crippen molar-refractivity contribution in [2.45, 2.75) is 18.9 Å². The lowest BCUT2D eigenvalue weighted by atomic mass is 10.0. The average molecular weight is 172 g/mol. The zero-order valence-corrected chi connectivity index (χ0v) is 6.83. The number of urea groups is 1. The SMILES string of the molecule is CC1(CC=S)NC(=O)NC1=O. The quantitative estimate of drug-likeness (QED) is 0.454. The molecule has 1 rings (SSSR count). The maximum Gasteiger partial charge on any atom is 0.322 e. The molecule has 0 aromatic carbocycles. The summed E-state index contributed by atoms with van der Waals surface area (Å²) in [5.41, 5.74) is -0.834. The van der Waals surface area contributed by atoms with Crippen molar-refractivity contribution >= 4 is 29.5 Å². The smallest absolute Gasteiger partial charge is 0.322 e. The molecule has 0 saturated carbocycles. The fourth-order valence-electron chi connectivity index (χ4n) is 0.890. The van der Waals surface area contributed by atoms with E-state index in [-0.39, 0.29) is 5.91 Å². The van der Waals surface area contributed by atoms with Crippen molar-refractivity contribution in [2.24, 2.45) is 0 Å². The zero-order chi connectivity index (χ0) is 8.48. The Morgan fingerprint density at radius 2 is 2.27 bits per heavy atom. The highest BCUT2D eigenvalue weighted by Gasteiger charge is 2.40. The van der Waals surface area contributed by atoms with Gasteiger partial charge in [-0.3, -0.25) is 10.1 Å². The molecular weight excluding hydrogens is 164 g/mol. The van der Waals surface area contributed by atoms with E-state index in [4.69, 9.17) is 0 Å². The lowest BCUT2D eigenvalue weighted by molar-refractivity contribution is -0.123. The van der Waals surface area contributed by atoms with Gasteiger partial charge in [-0.15, -0.1) is 0 Å². The normalized spacial score (nSPS) is 29.5. The predicted molar refractivity (Wildman–Crippen MR) is 43.4 cm³/mol. The highest BCUT2D eigenvalue weighted by atomic mass is 32.1. The van der Waals surface area contributed by atoms with Crippen molar-refractivity contribution in [3.8, 4) is 0 Å². The van der Waals surface area contributed by atoms with Crippen LogP contribution in [0.4, 0.5) is 4.79 Å². The lowest BCUT2D eigenvalue weighted by Gasteiger charge is -2.16. The largest absolute Gasteiger partial charge is 0.323 e. The predicted octanol–water partition coefficient (Wildman–Crippen LogP) is -0.0257. The third kappa shape index (κ3) is 1.37. The van der Waals surface area contributed by atoms with Crippen LogP contribution in [0.15, 0.2) is 0 Å². The van der Waals surface area contributed by atoms with Gasteiger partial charge >= 0.3 is 6.03 Å². The summed E-state index contributed by atoms with van der Waals surface area (Å²) in [6.45, 7) is 1.63. The number of hydrogen-bond acceptors (Lipinski definition) is 3. The van der Waals surface area contributed by atoms with Crippen molar-refractivity contribution in [2.75, 3.05) is 0 Å². The van der Waals surface area contributed by atoms with Crippen LogP contribution >= 0.6 is 12.2 Å². The second kappa shape index (κ2) is 2.58. The van der Waals surface area contributed by atoms with Gasteiger partial charge < -0.3 is 5.32 Å². The van der Waals surface area contributed by atoms with E-state index >= 15 is 0 Å². The molecule has 0 bridgehead atoms. The number of carbonyl (C=O) groups excluding carboxylic acids is 2. The monoisotopic (exact) mass is 172 g/mol. The van der Waals surface area contributed by atoms with E-state index < -0.39 is 11.6 Å². The van der Waals surface area contributed by atoms with Crippen molar-refractivity contribution in [1.82, 2.24) is 10.6 Å². The van der Waals surface area contributed by atoms with Crippen LogP contribution in [0.5, 0.6) is 0 Å². The van der Waals surface area contributed by atoms with E-state index in [9.17, 15) is 9.59 Å². The molecule has 1 heterocycles. The fourth-order valence-corrected chi connectivity index (χ4v) is 1.22. The molecule has 4 nitrogen and oxygen atoms in total. The number of hydrogen-bond donors (Lipinski definition) is 2. The number of rotatable bonds is 2. The molecule has 11 heavy (non-hydrogen) atoms. The minimum atomic E-state index is -0.834. The molecule has 1 aliphatic heterocycles. The number of imide groups is 1. The van der Waals surface area contributed by atoms with E-state index in [1.54, 1.807) is 6.92 Å². The van der Waals surface area contributed by atoms with Crippen molar-refractivity contribution in [3.05, 3.63) is 0 Å². The molecule has 0 radical (unpaired) electrons. The van der Waals surface area contributed by atoms with Crippen LogP contribution in [0.3, 0.4) is 0 Å². The van der Waals surface area contributed by atoms with Gasteiger partial charge in [-0.1, -0.05) is 12.2 Å². The fraction of sp³-hybridized carbons (Fsp3) is 0.500. The Labute approximate surface area is 69.3 Å². The van der Waals surface area contributed by atoms with Gasteiger partial charge in [0.2, 0.25) is 0 Å². The van der Waals surface area contributed by atoms with Gasteiger partial charge in [0, 0.05) is 6.42 Å². The van der Waals surface area contributed by atoms with Gasteiger partial charge in [0.05, 0.1) is 0 Å². The highest BCUT2D eigenvalue weighted by Crippen LogP contribution is 2.12. The van der Waals surface area contributed by atoms with Crippen LogP contribution in [0, 0.1) is 0 Å². The lowest BCUT2D eigenvalue weighted by Crippen LogP contribution is -2.43. The van der Waals surface area contributed by atoms with E-state index in [1.807, 2.05) is 0 Å². The Kier molecular flexibility index (Phi) is 1.90. The Morgan fingerprint density at radius 1 is 1.64 bits per heavy atom. The van der Waals surface area contributed by atoms with Crippen LogP contribution in [-0.4, -0.2) is 22.8 Å². The molecular formula is C6H8N2O2S. The molecule has 1 fully saturated rings. The first-order chi connectivity index (χ1) is 5.08. The Morgan fingerprint density at radius 3 is 2.64 bits per heavy atom.